The zero-order chi connectivity index (χ0) is 18.8. The van der Waals surface area contributed by atoms with Gasteiger partial charge in [0.25, 0.3) is 0 Å². The van der Waals surface area contributed by atoms with Crippen LogP contribution in [0.5, 0.6) is 5.75 Å². The molecule has 1 unspecified atom stereocenters. The average Bonchev–Trinajstić information content (AvgIpc) is 2.60. The zero-order valence-corrected chi connectivity index (χ0v) is 16.3. The molecule has 2 aliphatic heterocycles. The van der Waals surface area contributed by atoms with Gasteiger partial charge in [-0.1, -0.05) is 12.1 Å². The maximum atomic E-state index is 12.6. The number of hydrogen-bond acceptors (Lipinski definition) is 6. The standard InChI is InChI=1S/C18H29N3O4S/c1-20-9-7-18(8-10-20)13-21(2)12-15(22)11-19-26(23,24)17-6-4-3-5-16(17)25-14-18/h3-6,15,19,22H,7-14H2,1-2H3. The molecular formula is C18H29N3O4S. The van der Waals surface area contributed by atoms with Gasteiger partial charge in [-0.3, -0.25) is 0 Å². The fourth-order valence-electron chi connectivity index (χ4n) is 3.81. The van der Waals surface area contributed by atoms with Crippen LogP contribution in [0.25, 0.3) is 0 Å². The van der Waals surface area contributed by atoms with E-state index in [1.165, 1.54) is 0 Å². The quantitative estimate of drug-likeness (QED) is 0.673. The highest BCUT2D eigenvalue weighted by molar-refractivity contribution is 7.89. The van der Waals surface area contributed by atoms with Crippen LogP contribution in [0.4, 0.5) is 0 Å². The molecule has 26 heavy (non-hydrogen) atoms. The Morgan fingerprint density at radius 3 is 2.62 bits per heavy atom. The highest BCUT2D eigenvalue weighted by Crippen LogP contribution is 2.34. The van der Waals surface area contributed by atoms with Crippen LogP contribution in [0.2, 0.25) is 0 Å². The van der Waals surface area contributed by atoms with Crippen molar-refractivity contribution < 1.29 is 18.3 Å². The minimum atomic E-state index is -3.73. The summed E-state index contributed by atoms with van der Waals surface area (Å²) in [6.45, 7) is 3.65. The Labute approximate surface area is 156 Å². The summed E-state index contributed by atoms with van der Waals surface area (Å²) in [5.41, 5.74) is -0.0511. The molecule has 146 valence electrons. The molecule has 0 amide bonds. The first-order chi connectivity index (χ1) is 12.3. The fourth-order valence-corrected chi connectivity index (χ4v) is 5.03. The van der Waals surface area contributed by atoms with Crippen molar-refractivity contribution in [1.82, 2.24) is 14.5 Å². The van der Waals surface area contributed by atoms with E-state index in [9.17, 15) is 13.5 Å². The van der Waals surface area contributed by atoms with E-state index in [1.54, 1.807) is 24.3 Å². The molecule has 7 nitrogen and oxygen atoms in total. The highest BCUT2D eigenvalue weighted by Gasteiger charge is 2.37. The van der Waals surface area contributed by atoms with E-state index in [4.69, 9.17) is 4.74 Å². The molecule has 1 aromatic rings. The predicted molar refractivity (Wildman–Crippen MR) is 99.8 cm³/mol. The molecule has 0 radical (unpaired) electrons. The van der Waals surface area contributed by atoms with Gasteiger partial charge in [-0.15, -0.1) is 0 Å². The number of sulfonamides is 1. The van der Waals surface area contributed by atoms with Crippen molar-refractivity contribution in [3.8, 4) is 5.75 Å². The summed E-state index contributed by atoms with van der Waals surface area (Å²) in [7, 11) is 0.352. The van der Waals surface area contributed by atoms with E-state index in [0.29, 0.717) is 18.9 Å². The smallest absolute Gasteiger partial charge is 0.244 e. The van der Waals surface area contributed by atoms with Crippen LogP contribution in [-0.2, 0) is 10.0 Å². The molecule has 2 aliphatic rings. The van der Waals surface area contributed by atoms with Crippen molar-refractivity contribution in [2.45, 2.75) is 23.8 Å². The molecule has 1 fully saturated rings. The number of aliphatic hydroxyl groups is 1. The third-order valence-corrected chi connectivity index (χ3v) is 6.82. The number of likely N-dealkylation sites (N-methyl/N-ethyl adjacent to an activating group) is 1. The van der Waals surface area contributed by atoms with E-state index in [2.05, 4.69) is 21.6 Å². The molecule has 1 spiro atoms. The van der Waals surface area contributed by atoms with Gasteiger partial charge >= 0.3 is 0 Å². The number of aliphatic hydroxyl groups excluding tert-OH is 1. The third-order valence-electron chi connectivity index (χ3n) is 5.36. The van der Waals surface area contributed by atoms with Crippen molar-refractivity contribution in [3.63, 3.8) is 0 Å². The Morgan fingerprint density at radius 1 is 1.19 bits per heavy atom. The number of ether oxygens (including phenoxy) is 1. The average molecular weight is 384 g/mol. The van der Waals surface area contributed by atoms with Gasteiger partial charge in [0.05, 0.1) is 12.7 Å². The molecule has 3 rings (SSSR count). The van der Waals surface area contributed by atoms with E-state index < -0.39 is 16.1 Å². The molecule has 1 atom stereocenters. The fraction of sp³-hybridized carbons (Fsp3) is 0.667. The normalized spacial score (nSPS) is 27.7. The van der Waals surface area contributed by atoms with E-state index >= 15 is 0 Å². The lowest BCUT2D eigenvalue weighted by molar-refractivity contribution is 0.0219. The van der Waals surface area contributed by atoms with Crippen molar-refractivity contribution >= 4 is 10.0 Å². The summed E-state index contributed by atoms with van der Waals surface area (Å²) >= 11 is 0. The Bertz CT molecular complexity index is 717. The molecule has 8 heteroatoms. The number of para-hydroxylation sites is 1. The number of rotatable bonds is 0. The monoisotopic (exact) mass is 383 g/mol. The SMILES string of the molecule is CN1CCC2(CC1)COc1ccccc1S(=O)(=O)NCC(O)CN(C)C2. The molecule has 0 aliphatic carbocycles. The van der Waals surface area contributed by atoms with Gasteiger partial charge in [0.15, 0.2) is 0 Å². The molecule has 0 bridgehead atoms. The van der Waals surface area contributed by atoms with E-state index in [0.717, 1.165) is 32.5 Å². The largest absolute Gasteiger partial charge is 0.492 e. The Morgan fingerprint density at radius 2 is 1.88 bits per heavy atom. The van der Waals surface area contributed by atoms with Crippen molar-refractivity contribution in [3.05, 3.63) is 24.3 Å². The van der Waals surface area contributed by atoms with Crippen molar-refractivity contribution in [2.24, 2.45) is 5.41 Å². The lowest BCUT2D eigenvalue weighted by Crippen LogP contribution is -2.50. The molecule has 0 saturated carbocycles. The van der Waals surface area contributed by atoms with Crippen LogP contribution in [-0.4, -0.2) is 82.9 Å². The number of nitrogens with zero attached hydrogens (tertiary/aromatic N) is 2. The van der Waals surface area contributed by atoms with Crippen LogP contribution >= 0.6 is 0 Å². The van der Waals surface area contributed by atoms with Crippen LogP contribution in [0.1, 0.15) is 12.8 Å². The second kappa shape index (κ2) is 7.82. The summed E-state index contributed by atoms with van der Waals surface area (Å²) in [6, 6.07) is 6.71. The number of β-amino-alcohol motifs (C(OH)–C–C–N with tert-alkyl or cyclic N) is 1. The third kappa shape index (κ3) is 4.55. The maximum Gasteiger partial charge on any atom is 0.244 e. The Hall–Kier alpha value is -1.19. The second-order valence-electron chi connectivity index (χ2n) is 7.74. The number of piperidine rings is 1. The van der Waals surface area contributed by atoms with Gasteiger partial charge in [0.1, 0.15) is 10.6 Å². The van der Waals surface area contributed by atoms with Gasteiger partial charge in [0.2, 0.25) is 10.0 Å². The summed E-state index contributed by atoms with van der Waals surface area (Å²) in [5, 5.41) is 10.3. The minimum Gasteiger partial charge on any atom is -0.492 e. The van der Waals surface area contributed by atoms with Gasteiger partial charge in [-0.05, 0) is 52.2 Å². The molecule has 1 aromatic carbocycles. The molecule has 2 heterocycles. The summed E-state index contributed by atoms with van der Waals surface area (Å²) in [5.74, 6) is 0.371. The first kappa shape index (κ1) is 19.6. The molecule has 0 aromatic heterocycles. The van der Waals surface area contributed by atoms with Crippen LogP contribution in [0, 0.1) is 5.41 Å². The van der Waals surface area contributed by atoms with Gasteiger partial charge in [-0.2, -0.15) is 0 Å². The lowest BCUT2D eigenvalue weighted by atomic mass is 9.78. The zero-order valence-electron chi connectivity index (χ0n) is 15.5. The van der Waals surface area contributed by atoms with Gasteiger partial charge in [0, 0.05) is 25.0 Å². The number of fused-ring (bicyclic) bond motifs is 1. The summed E-state index contributed by atoms with van der Waals surface area (Å²) in [6.07, 6.45) is 1.21. The number of benzene rings is 1. The first-order valence-corrected chi connectivity index (χ1v) is 10.5. The number of hydrogen-bond donors (Lipinski definition) is 2. The van der Waals surface area contributed by atoms with Crippen molar-refractivity contribution in [1.29, 1.82) is 0 Å². The van der Waals surface area contributed by atoms with Crippen LogP contribution < -0.4 is 9.46 Å². The van der Waals surface area contributed by atoms with Crippen LogP contribution in [0.15, 0.2) is 29.2 Å². The van der Waals surface area contributed by atoms with Crippen molar-refractivity contribution in [2.75, 3.05) is 53.4 Å². The second-order valence-corrected chi connectivity index (χ2v) is 9.48. The van der Waals surface area contributed by atoms with E-state index in [1.807, 2.05) is 7.05 Å². The summed E-state index contributed by atoms with van der Waals surface area (Å²) in [4.78, 5) is 4.52. The van der Waals surface area contributed by atoms with Crippen LogP contribution in [0.3, 0.4) is 0 Å². The van der Waals surface area contributed by atoms with E-state index in [-0.39, 0.29) is 16.9 Å². The Balaban J connectivity index is 1.92. The highest BCUT2D eigenvalue weighted by atomic mass is 32.2. The molecule has 1 saturated heterocycles. The molecular weight excluding hydrogens is 354 g/mol. The van der Waals surface area contributed by atoms with Gasteiger partial charge < -0.3 is 19.6 Å². The number of likely N-dealkylation sites (tertiary alicyclic amines) is 1. The van der Waals surface area contributed by atoms with Gasteiger partial charge in [-0.25, -0.2) is 13.1 Å². The maximum absolute atomic E-state index is 12.6. The lowest BCUT2D eigenvalue weighted by Gasteiger charge is -2.43. The first-order valence-electron chi connectivity index (χ1n) is 9.06. The summed E-state index contributed by atoms with van der Waals surface area (Å²) < 4.78 is 33.8. The number of nitrogens with one attached hydrogen (secondary N) is 1. The topological polar surface area (TPSA) is 82.1 Å². The Kier molecular flexibility index (Phi) is 5.88. The molecule has 2 N–H and O–H groups in total. The minimum absolute atomic E-state index is 0.0171. The predicted octanol–water partition coefficient (Wildman–Crippen LogP) is 0.362.